The maximum atomic E-state index is 11.7. The number of fused-ring (bicyclic) bond motifs is 1. The zero-order chi connectivity index (χ0) is 16.6. The minimum atomic E-state index is -1.15. The van der Waals surface area contributed by atoms with E-state index in [4.69, 9.17) is 4.74 Å². The van der Waals surface area contributed by atoms with E-state index in [1.165, 1.54) is 41.7 Å². The lowest BCUT2D eigenvalue weighted by Gasteiger charge is -2.46. The summed E-state index contributed by atoms with van der Waals surface area (Å²) in [5.41, 5.74) is 0.0451. The number of carboxylic acids is 1. The van der Waals surface area contributed by atoms with Crippen molar-refractivity contribution >= 4 is 35.4 Å². The summed E-state index contributed by atoms with van der Waals surface area (Å²) in [6.07, 6.45) is 1.59. The van der Waals surface area contributed by atoms with Crippen LogP contribution in [0.3, 0.4) is 0 Å². The number of rotatable bonds is 5. The van der Waals surface area contributed by atoms with Crippen LogP contribution in [0.1, 0.15) is 6.42 Å². The SMILES string of the molecule is COC1SC2CC(=O)N2C(C(=O)O)=C1CSc1ccc[n+]([O-])n1. The molecule has 8 nitrogen and oxygen atoms in total. The smallest absolute Gasteiger partial charge is 0.352 e. The molecule has 0 aromatic carbocycles. The molecular weight excluding hydrogens is 342 g/mol. The van der Waals surface area contributed by atoms with Gasteiger partial charge >= 0.3 is 5.97 Å². The molecule has 1 N–H and O–H groups in total. The summed E-state index contributed by atoms with van der Waals surface area (Å²) in [5.74, 6) is -1.09. The molecular formula is C13H13N3O5S2. The molecule has 0 bridgehead atoms. The van der Waals surface area contributed by atoms with Crippen LogP contribution in [0.25, 0.3) is 0 Å². The molecule has 0 aliphatic carbocycles. The highest BCUT2D eigenvalue weighted by atomic mass is 32.2. The number of hydrogen-bond acceptors (Lipinski definition) is 7. The van der Waals surface area contributed by atoms with E-state index in [9.17, 15) is 19.9 Å². The zero-order valence-corrected chi connectivity index (χ0v) is 13.7. The van der Waals surface area contributed by atoms with Crippen molar-refractivity contribution in [3.8, 4) is 0 Å². The molecule has 23 heavy (non-hydrogen) atoms. The van der Waals surface area contributed by atoms with Crippen LogP contribution < -0.4 is 4.85 Å². The fourth-order valence-corrected chi connectivity index (χ4v) is 4.77. The third-order valence-corrected chi connectivity index (χ3v) is 5.84. The van der Waals surface area contributed by atoms with Crippen LogP contribution in [0.15, 0.2) is 34.6 Å². The van der Waals surface area contributed by atoms with E-state index >= 15 is 0 Å². The third kappa shape index (κ3) is 3.01. The number of carboxylic acid groups (broad SMARTS) is 1. The van der Waals surface area contributed by atoms with Crippen LogP contribution in [-0.2, 0) is 14.3 Å². The molecule has 1 amide bonds. The van der Waals surface area contributed by atoms with Crippen LogP contribution in [0.2, 0.25) is 0 Å². The Bertz CT molecular complexity index is 696. The predicted octanol–water partition coefficient (Wildman–Crippen LogP) is 0.424. The van der Waals surface area contributed by atoms with Gasteiger partial charge < -0.3 is 15.1 Å². The highest BCUT2D eigenvalue weighted by Gasteiger charge is 2.48. The van der Waals surface area contributed by atoms with E-state index in [0.29, 0.717) is 21.9 Å². The van der Waals surface area contributed by atoms with Gasteiger partial charge in [0.05, 0.1) is 11.8 Å². The molecule has 122 valence electrons. The van der Waals surface area contributed by atoms with Crippen LogP contribution in [-0.4, -0.2) is 50.7 Å². The Morgan fingerprint density at radius 3 is 3.09 bits per heavy atom. The predicted molar refractivity (Wildman–Crippen MR) is 82.2 cm³/mol. The molecule has 2 aliphatic rings. The molecule has 3 rings (SSSR count). The first-order valence-corrected chi connectivity index (χ1v) is 8.60. The summed E-state index contributed by atoms with van der Waals surface area (Å²) in [7, 11) is 1.50. The monoisotopic (exact) mass is 355 g/mol. The van der Waals surface area contributed by atoms with Gasteiger partial charge in [0.2, 0.25) is 12.1 Å². The number of aromatic nitrogens is 2. The maximum absolute atomic E-state index is 11.7. The Labute approximate surface area is 140 Å². The molecule has 1 aromatic rings. The van der Waals surface area contributed by atoms with Gasteiger partial charge in [-0.05, 0) is 6.07 Å². The highest BCUT2D eigenvalue weighted by molar-refractivity contribution is 8.01. The number of carbonyl (C=O) groups excluding carboxylic acids is 1. The number of ether oxygens (including phenoxy) is 1. The van der Waals surface area contributed by atoms with Crippen LogP contribution in [0, 0.1) is 5.21 Å². The van der Waals surface area contributed by atoms with E-state index < -0.39 is 11.4 Å². The first kappa shape index (κ1) is 16.1. The Morgan fingerprint density at radius 2 is 2.48 bits per heavy atom. The second-order valence-electron chi connectivity index (χ2n) is 4.84. The Morgan fingerprint density at radius 1 is 1.70 bits per heavy atom. The van der Waals surface area contributed by atoms with E-state index in [-0.39, 0.29) is 22.7 Å². The van der Waals surface area contributed by atoms with Crippen molar-refractivity contribution in [1.82, 2.24) is 10.00 Å². The summed E-state index contributed by atoms with van der Waals surface area (Å²) in [6.45, 7) is 0. The lowest BCUT2D eigenvalue weighted by atomic mass is 10.1. The number of hydrogen-bond donors (Lipinski definition) is 1. The number of β-lactam (4-membered cyclic amide) rings is 1. The number of nitrogens with zero attached hydrogens (tertiary/aromatic N) is 3. The first-order chi connectivity index (χ1) is 11.0. The molecule has 1 aromatic heterocycles. The van der Waals surface area contributed by atoms with E-state index in [1.807, 2.05) is 0 Å². The lowest BCUT2D eigenvalue weighted by molar-refractivity contribution is -0.672. The molecule has 2 aliphatic heterocycles. The quantitative estimate of drug-likeness (QED) is 0.351. The maximum Gasteiger partial charge on any atom is 0.352 e. The molecule has 0 saturated carbocycles. The van der Waals surface area contributed by atoms with E-state index in [2.05, 4.69) is 5.10 Å². The molecule has 10 heteroatoms. The van der Waals surface area contributed by atoms with Gasteiger partial charge in [-0.3, -0.25) is 9.69 Å². The summed E-state index contributed by atoms with van der Waals surface area (Å²) >= 11 is 2.64. The van der Waals surface area contributed by atoms with Crippen molar-refractivity contribution in [3.05, 3.63) is 34.8 Å². The Balaban J connectivity index is 1.89. The molecule has 2 unspecified atom stereocenters. The lowest BCUT2D eigenvalue weighted by Crippen LogP contribution is -2.55. The molecule has 0 radical (unpaired) electrons. The van der Waals surface area contributed by atoms with Crippen LogP contribution in [0.4, 0.5) is 0 Å². The third-order valence-electron chi connectivity index (χ3n) is 3.46. The van der Waals surface area contributed by atoms with Gasteiger partial charge in [-0.2, -0.15) is 0 Å². The van der Waals surface area contributed by atoms with Gasteiger partial charge in [-0.1, -0.05) is 16.6 Å². The highest BCUT2D eigenvalue weighted by Crippen LogP contribution is 2.45. The van der Waals surface area contributed by atoms with Crippen molar-refractivity contribution in [2.75, 3.05) is 12.9 Å². The molecule has 2 atom stereocenters. The molecule has 1 saturated heterocycles. The number of thioether (sulfide) groups is 2. The van der Waals surface area contributed by atoms with Crippen molar-refractivity contribution in [1.29, 1.82) is 0 Å². The second-order valence-corrected chi connectivity index (χ2v) is 7.08. The van der Waals surface area contributed by atoms with Crippen LogP contribution >= 0.6 is 23.5 Å². The van der Waals surface area contributed by atoms with Gasteiger partial charge in [0.15, 0.2) is 5.03 Å². The fourth-order valence-electron chi connectivity index (χ4n) is 2.42. The summed E-state index contributed by atoms with van der Waals surface area (Å²) in [6, 6.07) is 3.22. The molecule has 1 fully saturated rings. The van der Waals surface area contributed by atoms with Crippen molar-refractivity contribution in [3.63, 3.8) is 0 Å². The zero-order valence-electron chi connectivity index (χ0n) is 12.0. The number of amides is 1. The van der Waals surface area contributed by atoms with Gasteiger partial charge in [-0.15, -0.1) is 11.8 Å². The topological polar surface area (TPSA) is 107 Å². The largest absolute Gasteiger partial charge is 0.594 e. The van der Waals surface area contributed by atoms with Gasteiger partial charge in [0.25, 0.3) is 0 Å². The summed E-state index contributed by atoms with van der Waals surface area (Å²) in [5, 5.41) is 24.7. The Kier molecular flexibility index (Phi) is 4.46. The number of methoxy groups -OCH3 is 1. The van der Waals surface area contributed by atoms with Gasteiger partial charge in [0.1, 0.15) is 11.1 Å². The minimum Gasteiger partial charge on any atom is -0.594 e. The fraction of sp³-hybridized carbons (Fsp3) is 0.385. The van der Waals surface area contributed by atoms with Crippen molar-refractivity contribution in [2.24, 2.45) is 0 Å². The van der Waals surface area contributed by atoms with Crippen LogP contribution in [0.5, 0.6) is 0 Å². The summed E-state index contributed by atoms with van der Waals surface area (Å²) < 4.78 is 5.39. The van der Waals surface area contributed by atoms with Gasteiger partial charge in [-0.25, -0.2) is 4.79 Å². The Hall–Kier alpha value is -1.78. The first-order valence-electron chi connectivity index (χ1n) is 6.67. The number of carbonyl (C=O) groups is 2. The molecule has 0 spiro atoms. The average Bonchev–Trinajstić information content (AvgIpc) is 2.51. The second kappa shape index (κ2) is 6.38. The van der Waals surface area contributed by atoms with Gasteiger partial charge in [0, 0.05) is 29.6 Å². The molecule has 3 heterocycles. The summed E-state index contributed by atoms with van der Waals surface area (Å²) in [4.78, 5) is 25.1. The number of aliphatic carboxylic acids is 1. The van der Waals surface area contributed by atoms with E-state index in [0.717, 1.165) is 0 Å². The van der Waals surface area contributed by atoms with Crippen molar-refractivity contribution in [2.45, 2.75) is 22.3 Å². The normalized spacial score (nSPS) is 23.5. The average molecular weight is 355 g/mol. The van der Waals surface area contributed by atoms with Crippen molar-refractivity contribution < 1.29 is 24.3 Å². The minimum absolute atomic E-state index is 0.0183. The standard InChI is InChI=1S/C13H13N3O5S2/c1-21-13-7(6-22-8-3-2-4-15(20)14-8)11(12(18)19)16-9(17)5-10(16)23-13/h2-4,10,13H,5-6H2,1H3,(H,18,19). The van der Waals surface area contributed by atoms with E-state index in [1.54, 1.807) is 12.1 Å².